The summed E-state index contributed by atoms with van der Waals surface area (Å²) in [5, 5.41) is 1.75. The van der Waals surface area contributed by atoms with E-state index in [4.69, 9.17) is 16.6 Å². The Kier molecular flexibility index (Phi) is 6.34. The Morgan fingerprint density at radius 1 is 1.13 bits per heavy atom. The van der Waals surface area contributed by atoms with E-state index in [9.17, 15) is 4.79 Å². The molecule has 3 heterocycles. The third-order valence-electron chi connectivity index (χ3n) is 5.88. The molecule has 0 bridgehead atoms. The first kappa shape index (κ1) is 21.8. The number of anilines is 2. The molecule has 0 N–H and O–H groups in total. The van der Waals surface area contributed by atoms with Gasteiger partial charge in [-0.1, -0.05) is 17.7 Å². The quantitative estimate of drug-likeness (QED) is 0.552. The lowest BCUT2D eigenvalue weighted by molar-refractivity contribution is 0.0751. The molecule has 0 unspecified atom stereocenters. The second-order valence-corrected chi connectivity index (χ2v) is 9.20. The third kappa shape index (κ3) is 4.21. The first-order valence-corrected chi connectivity index (χ1v) is 11.9. The summed E-state index contributed by atoms with van der Waals surface area (Å²) in [5.41, 5.74) is 2.09. The Morgan fingerprint density at radius 3 is 2.48 bits per heavy atom. The molecule has 164 valence electrons. The number of carbonyl (C=O) groups excluding carboxylic acids is 1. The van der Waals surface area contributed by atoms with Gasteiger partial charge in [-0.3, -0.25) is 4.79 Å². The summed E-state index contributed by atoms with van der Waals surface area (Å²) in [6, 6.07) is 7.89. The highest BCUT2D eigenvalue weighted by molar-refractivity contribution is 7.20. The van der Waals surface area contributed by atoms with Gasteiger partial charge in [-0.15, -0.1) is 11.3 Å². The van der Waals surface area contributed by atoms with Gasteiger partial charge in [0.25, 0.3) is 5.91 Å². The maximum Gasteiger partial charge on any atom is 0.264 e. The summed E-state index contributed by atoms with van der Waals surface area (Å²) < 4.78 is 0. The van der Waals surface area contributed by atoms with Crippen molar-refractivity contribution in [3.05, 3.63) is 45.6 Å². The molecule has 0 aliphatic carbocycles. The molecule has 1 aliphatic rings. The SMILES string of the molecule is CCN(CC)c1nc(C)nc2sc(C(=O)N3CCN(c4cccc(Cl)c4)CC3)c(C)c12. The summed E-state index contributed by atoms with van der Waals surface area (Å²) in [6.45, 7) is 12.9. The van der Waals surface area contributed by atoms with Crippen molar-refractivity contribution in [2.75, 3.05) is 49.1 Å². The van der Waals surface area contributed by atoms with Crippen LogP contribution < -0.4 is 9.80 Å². The zero-order chi connectivity index (χ0) is 22.1. The molecule has 0 saturated carbocycles. The highest BCUT2D eigenvalue weighted by Crippen LogP contribution is 2.36. The number of halogens is 1. The molecule has 0 spiro atoms. The zero-order valence-electron chi connectivity index (χ0n) is 18.5. The minimum Gasteiger partial charge on any atom is -0.368 e. The van der Waals surface area contributed by atoms with Crippen LogP contribution in [0.5, 0.6) is 0 Å². The molecule has 1 aromatic carbocycles. The lowest BCUT2D eigenvalue weighted by atomic mass is 10.1. The van der Waals surface area contributed by atoms with Crippen LogP contribution in [-0.4, -0.2) is 60.0 Å². The highest BCUT2D eigenvalue weighted by atomic mass is 35.5. The van der Waals surface area contributed by atoms with Crippen LogP contribution in [0.3, 0.4) is 0 Å². The van der Waals surface area contributed by atoms with Crippen LogP contribution >= 0.6 is 22.9 Å². The average Bonchev–Trinajstić information content (AvgIpc) is 3.10. The van der Waals surface area contributed by atoms with E-state index in [1.807, 2.05) is 36.9 Å². The zero-order valence-corrected chi connectivity index (χ0v) is 20.1. The first-order valence-electron chi connectivity index (χ1n) is 10.7. The van der Waals surface area contributed by atoms with E-state index in [0.717, 1.165) is 69.2 Å². The van der Waals surface area contributed by atoms with Gasteiger partial charge in [-0.25, -0.2) is 9.97 Å². The van der Waals surface area contributed by atoms with E-state index in [2.05, 4.69) is 34.7 Å². The number of hydrogen-bond acceptors (Lipinski definition) is 6. The van der Waals surface area contributed by atoms with E-state index < -0.39 is 0 Å². The van der Waals surface area contributed by atoms with Crippen molar-refractivity contribution in [3.63, 3.8) is 0 Å². The van der Waals surface area contributed by atoms with Crippen molar-refractivity contribution in [3.8, 4) is 0 Å². The fourth-order valence-corrected chi connectivity index (χ4v) is 5.54. The Bertz CT molecular complexity index is 1100. The van der Waals surface area contributed by atoms with Crippen molar-refractivity contribution in [1.82, 2.24) is 14.9 Å². The van der Waals surface area contributed by atoms with Gasteiger partial charge < -0.3 is 14.7 Å². The van der Waals surface area contributed by atoms with Crippen molar-refractivity contribution < 1.29 is 4.79 Å². The maximum absolute atomic E-state index is 13.4. The number of benzene rings is 1. The number of carbonyl (C=O) groups is 1. The van der Waals surface area contributed by atoms with E-state index in [0.29, 0.717) is 13.1 Å². The molecule has 6 nitrogen and oxygen atoms in total. The average molecular weight is 458 g/mol. The number of hydrogen-bond donors (Lipinski definition) is 0. The van der Waals surface area contributed by atoms with Crippen molar-refractivity contribution in [1.29, 1.82) is 0 Å². The molecule has 31 heavy (non-hydrogen) atoms. The second-order valence-electron chi connectivity index (χ2n) is 7.76. The first-order chi connectivity index (χ1) is 14.9. The van der Waals surface area contributed by atoms with Crippen LogP contribution in [-0.2, 0) is 0 Å². The van der Waals surface area contributed by atoms with Gasteiger partial charge in [-0.05, 0) is 51.5 Å². The third-order valence-corrected chi connectivity index (χ3v) is 7.29. The van der Waals surface area contributed by atoms with Gasteiger partial charge in [0, 0.05) is 50.0 Å². The fourth-order valence-electron chi connectivity index (χ4n) is 4.16. The van der Waals surface area contributed by atoms with Crippen LogP contribution in [0, 0.1) is 13.8 Å². The lowest BCUT2D eigenvalue weighted by Crippen LogP contribution is -2.48. The number of rotatable bonds is 5. The molecule has 1 saturated heterocycles. The number of nitrogens with zero attached hydrogens (tertiary/aromatic N) is 5. The van der Waals surface area contributed by atoms with E-state index >= 15 is 0 Å². The number of piperazine rings is 1. The van der Waals surface area contributed by atoms with Crippen LogP contribution in [0.1, 0.15) is 34.9 Å². The Balaban J connectivity index is 1.59. The molecular weight excluding hydrogens is 430 g/mol. The second kappa shape index (κ2) is 9.01. The molecule has 1 fully saturated rings. The van der Waals surface area contributed by atoms with Gasteiger partial charge in [0.15, 0.2) is 0 Å². The number of aromatic nitrogens is 2. The summed E-state index contributed by atoms with van der Waals surface area (Å²) in [4.78, 5) is 30.9. The van der Waals surface area contributed by atoms with E-state index in [-0.39, 0.29) is 5.91 Å². The Hall–Kier alpha value is -2.38. The summed E-state index contributed by atoms with van der Waals surface area (Å²) in [5.74, 6) is 1.77. The number of thiophene rings is 1. The fraction of sp³-hybridized carbons (Fsp3) is 0.435. The van der Waals surface area contributed by atoms with Crippen LogP contribution in [0.4, 0.5) is 11.5 Å². The number of fused-ring (bicyclic) bond motifs is 1. The molecule has 2 aromatic heterocycles. The van der Waals surface area contributed by atoms with Gasteiger partial charge in [-0.2, -0.15) is 0 Å². The summed E-state index contributed by atoms with van der Waals surface area (Å²) in [6.07, 6.45) is 0. The monoisotopic (exact) mass is 457 g/mol. The molecule has 4 rings (SSSR count). The Labute approximate surface area is 192 Å². The molecular formula is C23H28ClN5OS. The topological polar surface area (TPSA) is 52.6 Å². The summed E-state index contributed by atoms with van der Waals surface area (Å²) in [7, 11) is 0. The largest absolute Gasteiger partial charge is 0.368 e. The molecule has 0 radical (unpaired) electrons. The minimum absolute atomic E-state index is 0.0920. The smallest absolute Gasteiger partial charge is 0.264 e. The van der Waals surface area contributed by atoms with Crippen molar-refractivity contribution >= 4 is 50.6 Å². The number of amides is 1. The maximum atomic E-state index is 13.4. The molecule has 0 atom stereocenters. The summed E-state index contributed by atoms with van der Waals surface area (Å²) >= 11 is 7.63. The van der Waals surface area contributed by atoms with E-state index in [1.165, 1.54) is 11.3 Å². The predicted octanol–water partition coefficient (Wildman–Crippen LogP) is 4.77. The van der Waals surface area contributed by atoms with Crippen molar-refractivity contribution in [2.24, 2.45) is 0 Å². The van der Waals surface area contributed by atoms with Crippen LogP contribution in [0.2, 0.25) is 5.02 Å². The van der Waals surface area contributed by atoms with Gasteiger partial charge in [0.1, 0.15) is 16.5 Å². The van der Waals surface area contributed by atoms with Crippen molar-refractivity contribution in [2.45, 2.75) is 27.7 Å². The Morgan fingerprint density at radius 2 is 1.84 bits per heavy atom. The molecule has 3 aromatic rings. The van der Waals surface area contributed by atoms with Gasteiger partial charge in [0.05, 0.1) is 10.3 Å². The highest BCUT2D eigenvalue weighted by Gasteiger charge is 2.27. The number of aryl methyl sites for hydroxylation is 2. The standard InChI is InChI=1S/C23H28ClN5OS/c1-5-27(6-2)21-19-15(3)20(31-22(19)26-16(4)25-21)23(30)29-12-10-28(11-13-29)18-9-7-8-17(24)14-18/h7-9,14H,5-6,10-13H2,1-4H3. The normalized spacial score (nSPS) is 14.4. The molecule has 1 amide bonds. The lowest BCUT2D eigenvalue weighted by Gasteiger charge is -2.36. The van der Waals surface area contributed by atoms with Crippen LogP contribution in [0.15, 0.2) is 24.3 Å². The van der Waals surface area contributed by atoms with Gasteiger partial charge in [0.2, 0.25) is 0 Å². The minimum atomic E-state index is 0.0920. The van der Waals surface area contributed by atoms with E-state index in [1.54, 1.807) is 0 Å². The van der Waals surface area contributed by atoms with Gasteiger partial charge >= 0.3 is 0 Å². The molecule has 1 aliphatic heterocycles. The predicted molar refractivity (Wildman–Crippen MR) is 130 cm³/mol. The molecule has 8 heteroatoms. The van der Waals surface area contributed by atoms with Crippen LogP contribution in [0.25, 0.3) is 10.2 Å².